The second-order valence-electron chi connectivity index (χ2n) is 7.81. The van der Waals surface area contributed by atoms with E-state index in [0.717, 1.165) is 76.6 Å². The van der Waals surface area contributed by atoms with Gasteiger partial charge in [-0.25, -0.2) is 9.98 Å². The lowest BCUT2D eigenvalue weighted by Crippen LogP contribution is -2.44. The van der Waals surface area contributed by atoms with Gasteiger partial charge in [0.15, 0.2) is 5.96 Å². The molecule has 2 heterocycles. The van der Waals surface area contributed by atoms with Gasteiger partial charge in [-0.05, 0) is 56.8 Å². The number of aromatic nitrogens is 1. The number of piperazine rings is 1. The monoisotopic (exact) mass is 388 g/mol. The van der Waals surface area contributed by atoms with Crippen LogP contribution in [0.3, 0.4) is 0 Å². The van der Waals surface area contributed by atoms with E-state index in [1.807, 2.05) is 6.20 Å². The first kappa shape index (κ1) is 20.9. The molecular formula is C21H36N6O. The molecule has 2 fully saturated rings. The molecular weight excluding hydrogens is 352 g/mol. The number of anilines is 1. The Labute approximate surface area is 169 Å². The smallest absolute Gasteiger partial charge is 0.191 e. The van der Waals surface area contributed by atoms with Gasteiger partial charge in [-0.15, -0.1) is 0 Å². The second-order valence-corrected chi connectivity index (χ2v) is 7.81. The Bertz CT molecular complexity index is 611. The fraction of sp³-hybridized carbons (Fsp3) is 0.714. The van der Waals surface area contributed by atoms with Crippen LogP contribution < -0.4 is 15.5 Å². The lowest BCUT2D eigenvalue weighted by atomic mass is 10.2. The lowest BCUT2D eigenvalue weighted by Gasteiger charge is -2.33. The van der Waals surface area contributed by atoms with E-state index in [2.05, 4.69) is 51.5 Å². The summed E-state index contributed by atoms with van der Waals surface area (Å²) in [6.45, 7) is 10.5. The molecule has 1 aliphatic carbocycles. The van der Waals surface area contributed by atoms with Gasteiger partial charge in [-0.1, -0.05) is 0 Å². The lowest BCUT2D eigenvalue weighted by molar-refractivity contribution is 0.123. The maximum Gasteiger partial charge on any atom is 0.191 e. The maximum absolute atomic E-state index is 5.69. The van der Waals surface area contributed by atoms with Crippen molar-refractivity contribution >= 4 is 11.8 Å². The summed E-state index contributed by atoms with van der Waals surface area (Å²) in [7, 11) is 2.17. The van der Waals surface area contributed by atoms with Crippen LogP contribution in [0.4, 0.5) is 5.82 Å². The normalized spacial score (nSPS) is 18.4. The van der Waals surface area contributed by atoms with Gasteiger partial charge in [0.25, 0.3) is 0 Å². The number of ether oxygens (including phenoxy) is 1. The molecule has 1 aromatic rings. The van der Waals surface area contributed by atoms with Gasteiger partial charge in [0.2, 0.25) is 0 Å². The number of rotatable bonds is 10. The van der Waals surface area contributed by atoms with Crippen LogP contribution in [0.2, 0.25) is 0 Å². The Kier molecular flexibility index (Phi) is 8.36. The maximum atomic E-state index is 5.69. The third-order valence-electron chi connectivity index (χ3n) is 5.21. The quantitative estimate of drug-likeness (QED) is 0.361. The first-order valence-electron chi connectivity index (χ1n) is 10.7. The zero-order valence-electron chi connectivity index (χ0n) is 17.5. The van der Waals surface area contributed by atoms with Gasteiger partial charge in [0.1, 0.15) is 5.82 Å². The molecule has 7 nitrogen and oxygen atoms in total. The zero-order chi connectivity index (χ0) is 19.6. The van der Waals surface area contributed by atoms with E-state index < -0.39 is 0 Å². The Morgan fingerprint density at radius 2 is 2.07 bits per heavy atom. The third-order valence-corrected chi connectivity index (χ3v) is 5.21. The molecule has 2 aliphatic rings. The van der Waals surface area contributed by atoms with Crippen LogP contribution in [0.15, 0.2) is 23.3 Å². The number of nitrogens with zero attached hydrogens (tertiary/aromatic N) is 4. The number of hydrogen-bond donors (Lipinski definition) is 2. The molecule has 1 aliphatic heterocycles. The molecule has 0 spiro atoms. The molecule has 0 aromatic carbocycles. The average Bonchev–Trinajstić information content (AvgIpc) is 3.54. The highest BCUT2D eigenvalue weighted by atomic mass is 16.5. The van der Waals surface area contributed by atoms with E-state index in [0.29, 0.717) is 6.54 Å². The fourth-order valence-corrected chi connectivity index (χ4v) is 3.20. The number of nitrogens with one attached hydrogen (secondary N) is 2. The predicted octanol–water partition coefficient (Wildman–Crippen LogP) is 1.71. The summed E-state index contributed by atoms with van der Waals surface area (Å²) in [5.41, 5.74) is 1.19. The number of aliphatic imine (C=N–C) groups is 1. The molecule has 28 heavy (non-hydrogen) atoms. The summed E-state index contributed by atoms with van der Waals surface area (Å²) in [5, 5.41) is 6.73. The number of likely N-dealkylation sites (N-methyl/N-ethyl adjacent to an activating group) is 1. The molecule has 1 saturated heterocycles. The van der Waals surface area contributed by atoms with Crippen LogP contribution in [0.25, 0.3) is 0 Å². The van der Waals surface area contributed by atoms with Gasteiger partial charge in [-0.2, -0.15) is 0 Å². The van der Waals surface area contributed by atoms with Crippen molar-refractivity contribution < 1.29 is 4.74 Å². The van der Waals surface area contributed by atoms with Gasteiger partial charge in [0.05, 0.1) is 6.54 Å². The highest BCUT2D eigenvalue weighted by Crippen LogP contribution is 2.28. The average molecular weight is 389 g/mol. The van der Waals surface area contributed by atoms with Crippen molar-refractivity contribution in [1.29, 1.82) is 0 Å². The molecule has 0 atom stereocenters. The summed E-state index contributed by atoms with van der Waals surface area (Å²) < 4.78 is 5.69. The first-order chi connectivity index (χ1) is 13.7. The van der Waals surface area contributed by atoms with Crippen molar-refractivity contribution in [3.63, 3.8) is 0 Å². The standard InChI is InChI=1S/C21H36N6O/c1-3-22-21(24-8-4-14-28-17-18-5-6-18)25-16-19-7-9-23-20(15-19)27-12-10-26(2)11-13-27/h7,9,15,18H,3-6,8,10-14,16-17H2,1-2H3,(H2,22,24,25). The topological polar surface area (TPSA) is 65.0 Å². The van der Waals surface area contributed by atoms with Crippen LogP contribution in [0, 0.1) is 5.92 Å². The second kappa shape index (κ2) is 11.2. The molecule has 0 amide bonds. The minimum atomic E-state index is 0.650. The van der Waals surface area contributed by atoms with Gasteiger partial charge < -0.3 is 25.2 Å². The van der Waals surface area contributed by atoms with Crippen molar-refractivity contribution in [3.05, 3.63) is 23.9 Å². The fourth-order valence-electron chi connectivity index (χ4n) is 3.20. The minimum Gasteiger partial charge on any atom is -0.381 e. The number of pyridine rings is 1. The number of guanidine groups is 1. The van der Waals surface area contributed by atoms with E-state index in [4.69, 9.17) is 9.73 Å². The van der Waals surface area contributed by atoms with Gasteiger partial charge in [0, 0.05) is 58.7 Å². The summed E-state index contributed by atoms with van der Waals surface area (Å²) in [6.07, 6.45) is 5.60. The van der Waals surface area contributed by atoms with Crippen LogP contribution >= 0.6 is 0 Å². The molecule has 1 aromatic heterocycles. The van der Waals surface area contributed by atoms with E-state index in [1.54, 1.807) is 0 Å². The van der Waals surface area contributed by atoms with E-state index in [1.165, 1.54) is 18.4 Å². The molecule has 0 unspecified atom stereocenters. The van der Waals surface area contributed by atoms with E-state index >= 15 is 0 Å². The Balaban J connectivity index is 1.44. The minimum absolute atomic E-state index is 0.650. The van der Waals surface area contributed by atoms with Crippen molar-refractivity contribution in [2.75, 3.05) is 64.4 Å². The first-order valence-corrected chi connectivity index (χ1v) is 10.7. The van der Waals surface area contributed by atoms with E-state index in [9.17, 15) is 0 Å². The summed E-state index contributed by atoms with van der Waals surface area (Å²) in [6, 6.07) is 4.22. The Hall–Kier alpha value is -1.86. The highest BCUT2D eigenvalue weighted by molar-refractivity contribution is 5.79. The Morgan fingerprint density at radius 1 is 1.25 bits per heavy atom. The number of hydrogen-bond acceptors (Lipinski definition) is 5. The third kappa shape index (κ3) is 7.28. The molecule has 156 valence electrons. The molecule has 3 rings (SSSR count). The van der Waals surface area contributed by atoms with Gasteiger partial charge in [-0.3, -0.25) is 0 Å². The van der Waals surface area contributed by atoms with Gasteiger partial charge >= 0.3 is 0 Å². The highest BCUT2D eigenvalue weighted by Gasteiger charge is 2.20. The van der Waals surface area contributed by atoms with E-state index in [-0.39, 0.29) is 0 Å². The van der Waals surface area contributed by atoms with Crippen molar-refractivity contribution in [3.8, 4) is 0 Å². The van der Waals surface area contributed by atoms with Crippen molar-refractivity contribution in [2.45, 2.75) is 32.7 Å². The molecule has 0 radical (unpaired) electrons. The van der Waals surface area contributed by atoms with Crippen LogP contribution in [0.1, 0.15) is 31.7 Å². The predicted molar refractivity (Wildman–Crippen MR) is 115 cm³/mol. The molecule has 0 bridgehead atoms. The Morgan fingerprint density at radius 3 is 2.82 bits per heavy atom. The zero-order valence-corrected chi connectivity index (χ0v) is 17.5. The summed E-state index contributed by atoms with van der Waals surface area (Å²) in [5.74, 6) is 2.76. The molecule has 2 N–H and O–H groups in total. The SMILES string of the molecule is CCNC(=NCc1ccnc(N2CCN(C)CC2)c1)NCCCOCC1CC1. The van der Waals surface area contributed by atoms with Crippen molar-refractivity contribution in [2.24, 2.45) is 10.9 Å². The van der Waals surface area contributed by atoms with Crippen molar-refractivity contribution in [1.82, 2.24) is 20.5 Å². The van der Waals surface area contributed by atoms with Crippen LogP contribution in [-0.2, 0) is 11.3 Å². The largest absolute Gasteiger partial charge is 0.381 e. The molecule has 1 saturated carbocycles. The van der Waals surface area contributed by atoms with Crippen LogP contribution in [0.5, 0.6) is 0 Å². The van der Waals surface area contributed by atoms with Crippen LogP contribution in [-0.4, -0.2) is 75.4 Å². The summed E-state index contributed by atoms with van der Waals surface area (Å²) in [4.78, 5) is 14.0. The summed E-state index contributed by atoms with van der Waals surface area (Å²) >= 11 is 0. The molecule has 7 heteroatoms.